The Morgan fingerprint density at radius 2 is 2.36 bits per heavy atom. The molecule has 1 aliphatic rings. The molecule has 2 atom stereocenters. The molecule has 0 saturated carbocycles. The Kier molecular flexibility index (Phi) is 3.57. The molecule has 0 aromatic carbocycles. The fourth-order valence-corrected chi connectivity index (χ4v) is 2.63. The number of thioether (sulfide) groups is 1. The zero-order valence-corrected chi connectivity index (χ0v) is 8.79. The molecule has 0 bridgehead atoms. The fraction of sp³-hybridized carbons (Fsp3) is 0.556. The van der Waals surface area contributed by atoms with Crippen molar-refractivity contribution in [3.8, 4) is 0 Å². The largest absolute Gasteiger partial charge is 0.480 e. The molecular formula is C9H13NO3S. The van der Waals surface area contributed by atoms with E-state index in [2.05, 4.69) is 6.58 Å². The lowest BCUT2D eigenvalue weighted by molar-refractivity contribution is -0.148. The van der Waals surface area contributed by atoms with Crippen molar-refractivity contribution in [1.82, 2.24) is 4.90 Å². The molecular weight excluding hydrogens is 202 g/mol. The van der Waals surface area contributed by atoms with Crippen LogP contribution in [0.4, 0.5) is 0 Å². The topological polar surface area (TPSA) is 57.6 Å². The molecule has 1 heterocycles. The van der Waals surface area contributed by atoms with E-state index in [1.54, 1.807) is 0 Å². The number of carboxylic acids is 1. The molecule has 1 rings (SSSR count). The Labute approximate surface area is 87.0 Å². The molecule has 1 N–H and O–H groups in total. The zero-order valence-electron chi connectivity index (χ0n) is 7.97. The van der Waals surface area contributed by atoms with Crippen LogP contribution in [0.1, 0.15) is 13.3 Å². The van der Waals surface area contributed by atoms with Crippen LogP contribution in [0, 0.1) is 0 Å². The van der Waals surface area contributed by atoms with Gasteiger partial charge in [-0.3, -0.25) is 4.79 Å². The molecule has 78 valence electrons. The van der Waals surface area contributed by atoms with Crippen molar-refractivity contribution in [1.29, 1.82) is 0 Å². The van der Waals surface area contributed by atoms with Crippen molar-refractivity contribution in [2.75, 3.05) is 5.75 Å². The number of carbonyl (C=O) groups is 2. The maximum absolute atomic E-state index is 11.5. The second-order valence-corrected chi connectivity index (χ2v) is 4.43. The molecule has 0 aliphatic carbocycles. The number of carboxylic acid groups (broad SMARTS) is 1. The highest BCUT2D eigenvalue weighted by molar-refractivity contribution is 8.00. The third-order valence-corrected chi connectivity index (χ3v) is 3.33. The van der Waals surface area contributed by atoms with Gasteiger partial charge in [-0.2, -0.15) is 0 Å². The van der Waals surface area contributed by atoms with Crippen molar-refractivity contribution < 1.29 is 14.7 Å². The maximum Gasteiger partial charge on any atom is 0.327 e. The zero-order chi connectivity index (χ0) is 10.7. The van der Waals surface area contributed by atoms with Crippen LogP contribution in [-0.4, -0.2) is 39.1 Å². The first kappa shape index (κ1) is 11.1. The summed E-state index contributed by atoms with van der Waals surface area (Å²) in [5, 5.41) is 8.83. The Bertz CT molecular complexity index is 267. The second-order valence-electron chi connectivity index (χ2n) is 3.08. The first-order valence-corrected chi connectivity index (χ1v) is 5.39. The summed E-state index contributed by atoms with van der Waals surface area (Å²) in [7, 11) is 0. The molecule has 4 nitrogen and oxygen atoms in total. The SMILES string of the molecule is C=CCC(=O)N1C(C)SCC1C(=O)O. The van der Waals surface area contributed by atoms with E-state index in [-0.39, 0.29) is 17.7 Å². The second kappa shape index (κ2) is 4.50. The Morgan fingerprint density at radius 3 is 2.86 bits per heavy atom. The summed E-state index contributed by atoms with van der Waals surface area (Å²) in [6.07, 6.45) is 1.70. The van der Waals surface area contributed by atoms with E-state index < -0.39 is 12.0 Å². The third-order valence-electron chi connectivity index (χ3n) is 2.11. The average molecular weight is 215 g/mol. The van der Waals surface area contributed by atoms with Gasteiger partial charge >= 0.3 is 5.97 Å². The van der Waals surface area contributed by atoms with E-state index >= 15 is 0 Å². The van der Waals surface area contributed by atoms with Crippen molar-refractivity contribution in [2.24, 2.45) is 0 Å². The van der Waals surface area contributed by atoms with Crippen molar-refractivity contribution in [2.45, 2.75) is 24.8 Å². The standard InChI is InChI=1S/C9H13NO3S/c1-3-4-8(11)10-6(2)14-5-7(10)9(12)13/h3,6-7H,1,4-5H2,2H3,(H,12,13). The maximum atomic E-state index is 11.5. The lowest BCUT2D eigenvalue weighted by Crippen LogP contribution is -2.44. The monoisotopic (exact) mass is 215 g/mol. The summed E-state index contributed by atoms with van der Waals surface area (Å²) in [4.78, 5) is 23.8. The van der Waals surface area contributed by atoms with Crippen molar-refractivity contribution in [3.63, 3.8) is 0 Å². The van der Waals surface area contributed by atoms with Crippen LogP contribution in [0.3, 0.4) is 0 Å². The molecule has 2 unspecified atom stereocenters. The predicted molar refractivity (Wildman–Crippen MR) is 55.0 cm³/mol. The molecule has 1 saturated heterocycles. The average Bonchev–Trinajstić information content (AvgIpc) is 2.47. The number of carbonyl (C=O) groups excluding carboxylic acids is 1. The molecule has 0 spiro atoms. The fourth-order valence-electron chi connectivity index (χ4n) is 1.44. The highest BCUT2D eigenvalue weighted by atomic mass is 32.2. The van der Waals surface area contributed by atoms with Gasteiger partial charge in [0.05, 0.1) is 5.37 Å². The van der Waals surface area contributed by atoms with E-state index in [1.165, 1.54) is 22.7 Å². The lowest BCUT2D eigenvalue weighted by Gasteiger charge is -2.24. The molecule has 1 aliphatic heterocycles. The molecule has 1 fully saturated rings. The van der Waals surface area contributed by atoms with Gasteiger partial charge in [0.25, 0.3) is 0 Å². The predicted octanol–water partition coefficient (Wildman–Crippen LogP) is 0.937. The number of nitrogens with zero attached hydrogens (tertiary/aromatic N) is 1. The van der Waals surface area contributed by atoms with Crippen LogP contribution < -0.4 is 0 Å². The Morgan fingerprint density at radius 1 is 1.71 bits per heavy atom. The van der Waals surface area contributed by atoms with Gasteiger partial charge in [-0.25, -0.2) is 4.79 Å². The summed E-state index contributed by atoms with van der Waals surface area (Å²) < 4.78 is 0. The van der Waals surface area contributed by atoms with E-state index in [0.717, 1.165) is 0 Å². The number of rotatable bonds is 3. The molecule has 0 aromatic heterocycles. The third kappa shape index (κ3) is 2.09. The van der Waals surface area contributed by atoms with Crippen LogP contribution in [0.5, 0.6) is 0 Å². The van der Waals surface area contributed by atoms with E-state index in [1.807, 2.05) is 6.92 Å². The quantitative estimate of drug-likeness (QED) is 0.712. The number of amides is 1. The summed E-state index contributed by atoms with van der Waals surface area (Å²) >= 11 is 1.49. The van der Waals surface area contributed by atoms with Gasteiger partial charge in [-0.05, 0) is 6.92 Å². The van der Waals surface area contributed by atoms with Crippen LogP contribution in [0.2, 0.25) is 0 Å². The minimum Gasteiger partial charge on any atom is -0.480 e. The van der Waals surface area contributed by atoms with Gasteiger partial charge < -0.3 is 10.0 Å². The minimum absolute atomic E-state index is 0.0523. The van der Waals surface area contributed by atoms with Crippen LogP contribution >= 0.6 is 11.8 Å². The van der Waals surface area contributed by atoms with E-state index in [4.69, 9.17) is 5.11 Å². The smallest absolute Gasteiger partial charge is 0.327 e. The van der Waals surface area contributed by atoms with E-state index in [0.29, 0.717) is 5.75 Å². The molecule has 1 amide bonds. The normalized spacial score (nSPS) is 26.2. The van der Waals surface area contributed by atoms with Gasteiger partial charge in [-0.1, -0.05) is 6.08 Å². The summed E-state index contributed by atoms with van der Waals surface area (Å²) in [5.41, 5.74) is 0. The highest BCUT2D eigenvalue weighted by Crippen LogP contribution is 2.29. The molecule has 5 heteroatoms. The van der Waals surface area contributed by atoms with Crippen LogP contribution in [0.25, 0.3) is 0 Å². The lowest BCUT2D eigenvalue weighted by atomic mass is 10.2. The Balaban J connectivity index is 2.75. The van der Waals surface area contributed by atoms with Gasteiger partial charge in [0.15, 0.2) is 0 Å². The van der Waals surface area contributed by atoms with Crippen LogP contribution in [0.15, 0.2) is 12.7 Å². The first-order valence-electron chi connectivity index (χ1n) is 4.34. The van der Waals surface area contributed by atoms with E-state index in [9.17, 15) is 9.59 Å². The molecule has 0 radical (unpaired) electrons. The van der Waals surface area contributed by atoms with Crippen molar-refractivity contribution >= 4 is 23.6 Å². The summed E-state index contributed by atoms with van der Waals surface area (Å²) in [6.45, 7) is 5.31. The van der Waals surface area contributed by atoms with Gasteiger partial charge in [0.1, 0.15) is 6.04 Å². The number of aliphatic carboxylic acids is 1. The summed E-state index contributed by atoms with van der Waals surface area (Å²) in [6, 6.07) is -0.678. The van der Waals surface area contributed by atoms with Crippen LogP contribution in [-0.2, 0) is 9.59 Å². The number of hydrogen-bond donors (Lipinski definition) is 1. The van der Waals surface area contributed by atoms with Gasteiger partial charge in [-0.15, -0.1) is 18.3 Å². The van der Waals surface area contributed by atoms with Gasteiger partial charge in [0, 0.05) is 12.2 Å². The Hall–Kier alpha value is -0.970. The highest BCUT2D eigenvalue weighted by Gasteiger charge is 2.38. The summed E-state index contributed by atoms with van der Waals surface area (Å²) in [5.74, 6) is -0.622. The van der Waals surface area contributed by atoms with Gasteiger partial charge in [0.2, 0.25) is 5.91 Å². The molecule has 14 heavy (non-hydrogen) atoms. The minimum atomic E-state index is -0.931. The van der Waals surface area contributed by atoms with Crippen molar-refractivity contribution in [3.05, 3.63) is 12.7 Å². The first-order chi connectivity index (χ1) is 6.57. The molecule has 0 aromatic rings. The number of hydrogen-bond acceptors (Lipinski definition) is 3.